The van der Waals surface area contributed by atoms with E-state index in [1.54, 1.807) is 18.2 Å². The Balaban J connectivity index is 1.60. The maximum absolute atomic E-state index is 12.9. The number of nitrogens with one attached hydrogen (secondary N) is 2. The van der Waals surface area contributed by atoms with Crippen LogP contribution in [0.3, 0.4) is 0 Å². The first-order valence-corrected chi connectivity index (χ1v) is 9.28. The summed E-state index contributed by atoms with van der Waals surface area (Å²) in [6.45, 7) is 0.123. The molecular weight excluding hydrogens is 364 g/mol. The van der Waals surface area contributed by atoms with Gasteiger partial charge in [0.1, 0.15) is 5.75 Å². The molecular formula is C24H20N2O3. The molecule has 0 unspecified atom stereocenters. The van der Waals surface area contributed by atoms with Gasteiger partial charge in [0.15, 0.2) is 0 Å². The van der Waals surface area contributed by atoms with Gasteiger partial charge in [0.2, 0.25) is 0 Å². The molecule has 1 heterocycles. The Morgan fingerprint density at radius 1 is 0.931 bits per heavy atom. The number of carbonyl (C=O) groups excluding carboxylic acids is 1. The third-order valence-electron chi connectivity index (χ3n) is 4.82. The van der Waals surface area contributed by atoms with Crippen LogP contribution in [-0.2, 0) is 6.54 Å². The van der Waals surface area contributed by atoms with Gasteiger partial charge in [-0.05, 0) is 40.8 Å². The Hall–Kier alpha value is -3.86. The van der Waals surface area contributed by atoms with Gasteiger partial charge in [-0.1, -0.05) is 54.6 Å². The Morgan fingerprint density at radius 3 is 2.48 bits per heavy atom. The van der Waals surface area contributed by atoms with E-state index >= 15 is 0 Å². The van der Waals surface area contributed by atoms with Crippen molar-refractivity contribution in [3.8, 4) is 16.9 Å². The summed E-state index contributed by atoms with van der Waals surface area (Å²) in [6, 6.07) is 24.6. The maximum atomic E-state index is 12.9. The number of carbonyl (C=O) groups is 1. The Labute approximate surface area is 168 Å². The number of hydrogen-bond acceptors (Lipinski definition) is 3. The lowest BCUT2D eigenvalue weighted by atomic mass is 10.0. The minimum absolute atomic E-state index is 0.123. The number of rotatable bonds is 5. The summed E-state index contributed by atoms with van der Waals surface area (Å²) < 4.78 is 5.36. The molecule has 0 saturated carbocycles. The molecule has 0 spiro atoms. The summed E-state index contributed by atoms with van der Waals surface area (Å²) in [5.74, 6) is 0.182. The molecule has 3 aromatic carbocycles. The summed E-state index contributed by atoms with van der Waals surface area (Å²) in [4.78, 5) is 28.0. The van der Waals surface area contributed by atoms with Crippen molar-refractivity contribution in [1.29, 1.82) is 0 Å². The summed E-state index contributed by atoms with van der Waals surface area (Å²) in [6.07, 6.45) is 0. The Bertz CT molecular complexity index is 1230. The molecule has 5 nitrogen and oxygen atoms in total. The third kappa shape index (κ3) is 3.89. The van der Waals surface area contributed by atoms with Gasteiger partial charge in [-0.15, -0.1) is 0 Å². The Kier molecular flexibility index (Phi) is 5.12. The topological polar surface area (TPSA) is 71.2 Å². The van der Waals surface area contributed by atoms with E-state index < -0.39 is 0 Å². The van der Waals surface area contributed by atoms with E-state index in [0.717, 1.165) is 22.0 Å². The zero-order valence-corrected chi connectivity index (χ0v) is 15.9. The molecule has 0 aliphatic rings. The monoisotopic (exact) mass is 384 g/mol. The number of methoxy groups -OCH3 is 1. The Morgan fingerprint density at radius 2 is 1.69 bits per heavy atom. The summed E-state index contributed by atoms with van der Waals surface area (Å²) in [5.41, 5.74) is 3.40. The van der Waals surface area contributed by atoms with Crippen molar-refractivity contribution in [2.24, 2.45) is 0 Å². The van der Waals surface area contributed by atoms with Gasteiger partial charge in [-0.2, -0.15) is 0 Å². The van der Waals surface area contributed by atoms with Crippen molar-refractivity contribution in [2.75, 3.05) is 7.11 Å². The number of ether oxygens (including phenoxy) is 1. The lowest BCUT2D eigenvalue weighted by molar-refractivity contribution is 0.0948. The largest absolute Gasteiger partial charge is 0.496 e. The van der Waals surface area contributed by atoms with Crippen LogP contribution in [0, 0.1) is 0 Å². The van der Waals surface area contributed by atoms with Crippen LogP contribution in [0.4, 0.5) is 0 Å². The number of amides is 1. The predicted molar refractivity (Wildman–Crippen MR) is 114 cm³/mol. The highest BCUT2D eigenvalue weighted by Crippen LogP contribution is 2.26. The first kappa shape index (κ1) is 18.5. The van der Waals surface area contributed by atoms with Crippen LogP contribution >= 0.6 is 0 Å². The molecule has 29 heavy (non-hydrogen) atoms. The molecule has 1 aromatic heterocycles. The number of aromatic nitrogens is 1. The number of fused-ring (bicyclic) bond motifs is 1. The van der Waals surface area contributed by atoms with Crippen LogP contribution < -0.4 is 15.6 Å². The molecule has 5 heteroatoms. The second kappa shape index (κ2) is 8.02. The van der Waals surface area contributed by atoms with Gasteiger partial charge >= 0.3 is 0 Å². The number of para-hydroxylation sites is 1. The zero-order chi connectivity index (χ0) is 20.2. The summed E-state index contributed by atoms with van der Waals surface area (Å²) in [5, 5.41) is 3.75. The van der Waals surface area contributed by atoms with Crippen molar-refractivity contribution in [2.45, 2.75) is 6.54 Å². The minimum atomic E-state index is -0.299. The molecule has 2 N–H and O–H groups in total. The highest BCUT2D eigenvalue weighted by Gasteiger charge is 2.14. The van der Waals surface area contributed by atoms with E-state index in [1.807, 2.05) is 60.7 Å². The molecule has 0 atom stereocenters. The van der Waals surface area contributed by atoms with Crippen LogP contribution in [0.1, 0.15) is 15.9 Å². The molecule has 0 saturated heterocycles. The van der Waals surface area contributed by atoms with E-state index in [0.29, 0.717) is 16.9 Å². The first-order chi connectivity index (χ1) is 14.2. The van der Waals surface area contributed by atoms with E-state index in [9.17, 15) is 9.59 Å². The molecule has 1 amide bonds. The van der Waals surface area contributed by atoms with Crippen LogP contribution in [-0.4, -0.2) is 18.0 Å². The average molecular weight is 384 g/mol. The number of aromatic amines is 1. The second-order valence-corrected chi connectivity index (χ2v) is 6.67. The SMILES string of the molecule is COc1ccc(-c2ccccc2)cc1C(=O)NCc1cc2ccccc2[nH]c1=O. The normalized spacial score (nSPS) is 10.7. The van der Waals surface area contributed by atoms with Crippen molar-refractivity contribution in [3.63, 3.8) is 0 Å². The standard InChI is InChI=1S/C24H20N2O3/c1-29-22-12-11-17(16-7-3-2-4-8-16)14-20(22)24(28)25-15-19-13-18-9-5-6-10-21(18)26-23(19)27/h2-14H,15H2,1H3,(H,25,28)(H,26,27). The van der Waals surface area contributed by atoms with Crippen LogP contribution in [0.2, 0.25) is 0 Å². The van der Waals surface area contributed by atoms with Crippen molar-refractivity contribution < 1.29 is 9.53 Å². The highest BCUT2D eigenvalue weighted by molar-refractivity contribution is 5.98. The fraction of sp³-hybridized carbons (Fsp3) is 0.0833. The summed E-state index contributed by atoms with van der Waals surface area (Å²) >= 11 is 0. The highest BCUT2D eigenvalue weighted by atomic mass is 16.5. The van der Waals surface area contributed by atoms with Gasteiger partial charge in [0.05, 0.1) is 12.7 Å². The number of hydrogen-bond donors (Lipinski definition) is 2. The third-order valence-corrected chi connectivity index (χ3v) is 4.82. The van der Waals surface area contributed by atoms with Crippen LogP contribution in [0.5, 0.6) is 5.75 Å². The van der Waals surface area contributed by atoms with Crippen molar-refractivity contribution in [3.05, 3.63) is 100 Å². The number of pyridine rings is 1. The zero-order valence-electron chi connectivity index (χ0n) is 15.9. The molecule has 0 fully saturated rings. The van der Waals surface area contributed by atoms with Crippen molar-refractivity contribution >= 4 is 16.8 Å². The molecule has 0 aliphatic carbocycles. The lowest BCUT2D eigenvalue weighted by Crippen LogP contribution is -2.27. The number of benzene rings is 3. The molecule has 0 radical (unpaired) electrons. The molecule has 4 rings (SSSR count). The van der Waals surface area contributed by atoms with E-state index in [2.05, 4.69) is 10.3 Å². The summed E-state index contributed by atoms with van der Waals surface area (Å²) in [7, 11) is 1.53. The van der Waals surface area contributed by atoms with E-state index in [1.165, 1.54) is 7.11 Å². The smallest absolute Gasteiger partial charge is 0.255 e. The molecule has 144 valence electrons. The van der Waals surface area contributed by atoms with Crippen LogP contribution in [0.15, 0.2) is 83.7 Å². The molecule has 0 aliphatic heterocycles. The van der Waals surface area contributed by atoms with Gasteiger partial charge in [-0.25, -0.2) is 0 Å². The fourth-order valence-corrected chi connectivity index (χ4v) is 3.29. The molecule has 0 bridgehead atoms. The number of H-pyrrole nitrogens is 1. The average Bonchev–Trinajstić information content (AvgIpc) is 2.77. The minimum Gasteiger partial charge on any atom is -0.496 e. The van der Waals surface area contributed by atoms with Gasteiger partial charge in [-0.3, -0.25) is 9.59 Å². The maximum Gasteiger partial charge on any atom is 0.255 e. The van der Waals surface area contributed by atoms with Gasteiger partial charge < -0.3 is 15.0 Å². The van der Waals surface area contributed by atoms with E-state index in [-0.39, 0.29) is 18.0 Å². The quantitative estimate of drug-likeness (QED) is 0.543. The van der Waals surface area contributed by atoms with Gasteiger partial charge in [0.25, 0.3) is 11.5 Å². The fourth-order valence-electron chi connectivity index (χ4n) is 3.29. The van der Waals surface area contributed by atoms with Crippen LogP contribution in [0.25, 0.3) is 22.0 Å². The second-order valence-electron chi connectivity index (χ2n) is 6.67. The van der Waals surface area contributed by atoms with Gasteiger partial charge in [0, 0.05) is 17.6 Å². The lowest BCUT2D eigenvalue weighted by Gasteiger charge is -2.12. The first-order valence-electron chi connectivity index (χ1n) is 9.28. The molecule has 4 aromatic rings. The van der Waals surface area contributed by atoms with Crippen molar-refractivity contribution in [1.82, 2.24) is 10.3 Å². The predicted octanol–water partition coefficient (Wildman–Crippen LogP) is 4.13. The van der Waals surface area contributed by atoms with E-state index in [4.69, 9.17) is 4.74 Å².